The molecule has 0 amide bonds. The first-order valence-corrected chi connectivity index (χ1v) is 10.5. The summed E-state index contributed by atoms with van der Waals surface area (Å²) in [5, 5.41) is 9.64. The van der Waals surface area contributed by atoms with E-state index in [1.165, 1.54) is 6.20 Å². The van der Waals surface area contributed by atoms with Crippen molar-refractivity contribution in [3.63, 3.8) is 0 Å². The van der Waals surface area contributed by atoms with Gasteiger partial charge in [0.05, 0.1) is 18.0 Å². The van der Waals surface area contributed by atoms with Crippen molar-refractivity contribution in [2.24, 2.45) is 0 Å². The van der Waals surface area contributed by atoms with Gasteiger partial charge in [-0.1, -0.05) is 0 Å². The Hall–Kier alpha value is -2.93. The molecule has 1 fully saturated rings. The smallest absolute Gasteiger partial charge is 0.341 e. The molecule has 0 aliphatic heterocycles. The van der Waals surface area contributed by atoms with Gasteiger partial charge in [-0.3, -0.25) is 9.59 Å². The van der Waals surface area contributed by atoms with Gasteiger partial charge in [0.2, 0.25) is 5.43 Å². The van der Waals surface area contributed by atoms with Crippen molar-refractivity contribution < 1.29 is 19.4 Å². The van der Waals surface area contributed by atoms with E-state index in [1.54, 1.807) is 18.4 Å². The topological polar surface area (TPSA) is 96.5 Å². The first-order valence-electron chi connectivity index (χ1n) is 9.65. The van der Waals surface area contributed by atoms with E-state index in [2.05, 4.69) is 4.98 Å². The standard InChI is InChI=1S/C22H19NO5S/c1-28-21-18(17-8-12-15(24)3-2-4-16(12)29-17)11(10-5-6-10)7-13-19(21)23-9-14(20(13)25)22(26)27/h7-10H,2-6H2,1H3,(H,23,25)(H,26,27). The third-order valence-electron chi connectivity index (χ3n) is 5.78. The van der Waals surface area contributed by atoms with E-state index in [0.29, 0.717) is 29.0 Å². The number of fused-ring (bicyclic) bond motifs is 2. The Kier molecular flexibility index (Phi) is 4.10. The van der Waals surface area contributed by atoms with E-state index in [9.17, 15) is 19.5 Å². The number of ketones is 1. The number of benzene rings is 1. The molecule has 7 heteroatoms. The molecule has 0 radical (unpaired) electrons. The number of pyridine rings is 1. The van der Waals surface area contributed by atoms with Gasteiger partial charge in [-0.05, 0) is 49.3 Å². The first kappa shape index (κ1) is 18.1. The minimum atomic E-state index is -1.26. The van der Waals surface area contributed by atoms with Crippen molar-refractivity contribution in [3.8, 4) is 16.2 Å². The van der Waals surface area contributed by atoms with Gasteiger partial charge < -0.3 is 14.8 Å². The molecule has 6 nitrogen and oxygen atoms in total. The van der Waals surface area contributed by atoms with Gasteiger partial charge in [0, 0.05) is 33.5 Å². The van der Waals surface area contributed by atoms with Crippen molar-refractivity contribution in [2.45, 2.75) is 38.0 Å². The molecule has 0 atom stereocenters. The lowest BCUT2D eigenvalue weighted by atomic mass is 9.94. The number of aromatic carboxylic acids is 1. The summed E-state index contributed by atoms with van der Waals surface area (Å²) in [6.07, 6.45) is 5.61. The van der Waals surface area contributed by atoms with Crippen molar-refractivity contribution >= 4 is 34.0 Å². The zero-order chi connectivity index (χ0) is 20.3. The number of carbonyl (C=O) groups excluding carboxylic acids is 1. The van der Waals surface area contributed by atoms with E-state index in [4.69, 9.17) is 4.74 Å². The van der Waals surface area contributed by atoms with E-state index in [0.717, 1.165) is 52.1 Å². The Bertz CT molecular complexity index is 1250. The van der Waals surface area contributed by atoms with E-state index in [-0.39, 0.29) is 11.3 Å². The van der Waals surface area contributed by atoms with Crippen LogP contribution in [0.5, 0.6) is 5.75 Å². The molecule has 0 spiro atoms. The van der Waals surface area contributed by atoms with Crippen LogP contribution in [0.15, 0.2) is 23.1 Å². The number of H-pyrrole nitrogens is 1. The third-order valence-corrected chi connectivity index (χ3v) is 6.99. The van der Waals surface area contributed by atoms with Crippen LogP contribution in [0.3, 0.4) is 0 Å². The lowest BCUT2D eigenvalue weighted by molar-refractivity contribution is 0.0695. The Labute approximate surface area is 170 Å². The van der Waals surface area contributed by atoms with Crippen LogP contribution in [0.4, 0.5) is 0 Å². The number of ether oxygens (including phenoxy) is 1. The number of nitrogens with one attached hydrogen (secondary N) is 1. The number of thiophene rings is 1. The monoisotopic (exact) mass is 409 g/mol. The summed E-state index contributed by atoms with van der Waals surface area (Å²) in [7, 11) is 1.55. The number of aromatic nitrogens is 1. The van der Waals surface area contributed by atoms with Crippen molar-refractivity contribution in [1.82, 2.24) is 4.98 Å². The molecule has 3 aromatic rings. The summed E-state index contributed by atoms with van der Waals surface area (Å²) < 4.78 is 5.75. The van der Waals surface area contributed by atoms with Crippen LogP contribution in [0, 0.1) is 0 Å². The van der Waals surface area contributed by atoms with Crippen LogP contribution in [0.2, 0.25) is 0 Å². The van der Waals surface area contributed by atoms with Gasteiger partial charge >= 0.3 is 5.97 Å². The Morgan fingerprint density at radius 3 is 2.69 bits per heavy atom. The average molecular weight is 409 g/mol. The van der Waals surface area contributed by atoms with Gasteiger partial charge in [0.25, 0.3) is 0 Å². The SMILES string of the molecule is COc1c(-c2cc3c(s2)CCCC3=O)c(C2CC2)cc2c(=O)c(C(=O)O)c[nH]c12. The summed E-state index contributed by atoms with van der Waals surface area (Å²) in [5.74, 6) is -0.231. The number of aryl methyl sites for hydroxylation is 1. The number of Topliss-reactive ketones (excluding diaryl/α,β-unsaturated/α-hetero) is 1. The number of methoxy groups -OCH3 is 1. The molecule has 0 unspecified atom stereocenters. The molecular formula is C22H19NO5S. The molecule has 148 valence electrons. The first-order chi connectivity index (χ1) is 14.0. The second kappa shape index (κ2) is 6.56. The Morgan fingerprint density at radius 2 is 2.03 bits per heavy atom. The van der Waals surface area contributed by atoms with Crippen LogP contribution in [-0.4, -0.2) is 29.0 Å². The molecule has 0 bridgehead atoms. The van der Waals surface area contributed by atoms with Crippen LogP contribution < -0.4 is 10.2 Å². The molecule has 2 aromatic heterocycles. The lowest BCUT2D eigenvalue weighted by Crippen LogP contribution is -2.16. The number of carboxylic acids is 1. The van der Waals surface area contributed by atoms with Crippen molar-refractivity contribution in [3.05, 3.63) is 50.1 Å². The highest BCUT2D eigenvalue weighted by atomic mass is 32.1. The molecule has 2 N–H and O–H groups in total. The highest BCUT2D eigenvalue weighted by Crippen LogP contribution is 2.51. The third kappa shape index (κ3) is 2.80. The zero-order valence-electron chi connectivity index (χ0n) is 15.8. The molecule has 0 saturated heterocycles. The predicted molar refractivity (Wildman–Crippen MR) is 111 cm³/mol. The number of carbonyl (C=O) groups is 2. The second-order valence-electron chi connectivity index (χ2n) is 7.63. The number of aromatic amines is 1. The van der Waals surface area contributed by atoms with Crippen LogP contribution in [0.1, 0.15) is 62.8 Å². The fourth-order valence-corrected chi connectivity index (χ4v) is 5.49. The van der Waals surface area contributed by atoms with Crippen LogP contribution >= 0.6 is 11.3 Å². The van der Waals surface area contributed by atoms with Crippen LogP contribution in [-0.2, 0) is 6.42 Å². The Balaban J connectivity index is 1.82. The highest BCUT2D eigenvalue weighted by molar-refractivity contribution is 7.16. The number of hydrogen-bond acceptors (Lipinski definition) is 5. The number of hydrogen-bond donors (Lipinski definition) is 2. The lowest BCUT2D eigenvalue weighted by Gasteiger charge is -2.16. The fourth-order valence-electron chi connectivity index (χ4n) is 4.21. The summed E-state index contributed by atoms with van der Waals surface area (Å²) in [6, 6.07) is 3.78. The van der Waals surface area contributed by atoms with Gasteiger partial charge in [-0.15, -0.1) is 11.3 Å². The quantitative estimate of drug-likeness (QED) is 0.667. The summed E-state index contributed by atoms with van der Waals surface area (Å²) in [4.78, 5) is 41.6. The zero-order valence-corrected chi connectivity index (χ0v) is 16.6. The predicted octanol–water partition coefficient (Wildman–Crippen LogP) is 4.36. The van der Waals surface area contributed by atoms with E-state index in [1.807, 2.05) is 12.1 Å². The summed E-state index contributed by atoms with van der Waals surface area (Å²) in [6.45, 7) is 0. The minimum Gasteiger partial charge on any atom is -0.494 e. The molecule has 2 aliphatic carbocycles. The average Bonchev–Trinajstić information content (AvgIpc) is 3.45. The minimum absolute atomic E-state index is 0.181. The molecule has 1 aromatic carbocycles. The molecule has 2 aliphatic rings. The van der Waals surface area contributed by atoms with Crippen molar-refractivity contribution in [1.29, 1.82) is 0 Å². The van der Waals surface area contributed by atoms with Gasteiger partial charge in [-0.25, -0.2) is 4.79 Å². The largest absolute Gasteiger partial charge is 0.494 e. The normalized spacial score (nSPS) is 16.1. The molecular weight excluding hydrogens is 390 g/mol. The maximum absolute atomic E-state index is 12.8. The number of rotatable bonds is 4. The molecule has 2 heterocycles. The maximum Gasteiger partial charge on any atom is 0.341 e. The van der Waals surface area contributed by atoms with E-state index >= 15 is 0 Å². The molecule has 1 saturated carbocycles. The van der Waals surface area contributed by atoms with Crippen molar-refractivity contribution in [2.75, 3.05) is 7.11 Å². The second-order valence-corrected chi connectivity index (χ2v) is 8.77. The highest BCUT2D eigenvalue weighted by Gasteiger charge is 2.32. The Morgan fingerprint density at radius 1 is 1.24 bits per heavy atom. The summed E-state index contributed by atoms with van der Waals surface area (Å²) in [5.41, 5.74) is 2.39. The molecule has 5 rings (SSSR count). The van der Waals surface area contributed by atoms with E-state index < -0.39 is 11.4 Å². The van der Waals surface area contributed by atoms with Crippen LogP contribution in [0.25, 0.3) is 21.3 Å². The number of carboxylic acid groups (broad SMARTS) is 1. The summed E-state index contributed by atoms with van der Waals surface area (Å²) >= 11 is 1.61. The van der Waals surface area contributed by atoms with Gasteiger partial charge in [-0.2, -0.15) is 0 Å². The fraction of sp³-hybridized carbons (Fsp3) is 0.318. The van der Waals surface area contributed by atoms with Gasteiger partial charge in [0.1, 0.15) is 5.56 Å². The maximum atomic E-state index is 12.8. The molecule has 29 heavy (non-hydrogen) atoms. The van der Waals surface area contributed by atoms with Gasteiger partial charge in [0.15, 0.2) is 11.5 Å².